The Kier molecular flexibility index (Phi) is 4.63. The summed E-state index contributed by atoms with van der Waals surface area (Å²) in [5.74, 6) is -0.232. The molecule has 0 saturated heterocycles. The van der Waals surface area contributed by atoms with Crippen LogP contribution < -0.4 is 5.32 Å². The van der Waals surface area contributed by atoms with Crippen LogP contribution in [0.2, 0.25) is 0 Å². The number of rotatable bonds is 5. The number of aryl methyl sites for hydroxylation is 2. The SMILES string of the molecule is CC(NCc1cn[nH]c1-c1ccc(F)cc1)c1nc2c(s1)CCCC2. The standard InChI is InChI=1S/C19H21FN4S/c1-12(19-23-16-4-2-3-5-17(16)25-19)21-10-14-11-22-24-18(14)13-6-8-15(20)9-7-13/h6-9,11-12,21H,2-5,10H2,1H3,(H,22,24). The summed E-state index contributed by atoms with van der Waals surface area (Å²) in [7, 11) is 0. The summed E-state index contributed by atoms with van der Waals surface area (Å²) in [5.41, 5.74) is 4.24. The first-order valence-electron chi connectivity index (χ1n) is 8.71. The fraction of sp³-hybridized carbons (Fsp3) is 0.368. The summed E-state index contributed by atoms with van der Waals surface area (Å²) in [6.07, 6.45) is 6.66. The van der Waals surface area contributed by atoms with Gasteiger partial charge < -0.3 is 5.32 Å². The van der Waals surface area contributed by atoms with E-state index < -0.39 is 0 Å². The Balaban J connectivity index is 1.46. The quantitative estimate of drug-likeness (QED) is 0.712. The fourth-order valence-electron chi connectivity index (χ4n) is 3.22. The van der Waals surface area contributed by atoms with Crippen molar-refractivity contribution in [1.82, 2.24) is 20.5 Å². The van der Waals surface area contributed by atoms with Gasteiger partial charge in [-0.05, 0) is 56.9 Å². The van der Waals surface area contributed by atoms with Crippen LogP contribution in [-0.4, -0.2) is 15.2 Å². The van der Waals surface area contributed by atoms with Crippen LogP contribution in [0.5, 0.6) is 0 Å². The molecule has 25 heavy (non-hydrogen) atoms. The van der Waals surface area contributed by atoms with Crippen LogP contribution in [0.25, 0.3) is 11.3 Å². The van der Waals surface area contributed by atoms with E-state index in [2.05, 4.69) is 22.4 Å². The van der Waals surface area contributed by atoms with Crippen molar-refractivity contribution in [1.29, 1.82) is 0 Å². The van der Waals surface area contributed by atoms with Crippen LogP contribution in [0.1, 0.15) is 46.9 Å². The van der Waals surface area contributed by atoms with Crippen molar-refractivity contribution in [2.75, 3.05) is 0 Å². The third-order valence-electron chi connectivity index (χ3n) is 4.68. The number of fused-ring (bicyclic) bond motifs is 1. The smallest absolute Gasteiger partial charge is 0.123 e. The average molecular weight is 356 g/mol. The second-order valence-corrected chi connectivity index (χ2v) is 7.62. The number of hydrogen-bond acceptors (Lipinski definition) is 4. The van der Waals surface area contributed by atoms with E-state index in [1.165, 1.54) is 47.0 Å². The van der Waals surface area contributed by atoms with Crippen molar-refractivity contribution in [2.45, 2.75) is 45.2 Å². The zero-order chi connectivity index (χ0) is 17.2. The summed E-state index contributed by atoms with van der Waals surface area (Å²) in [5, 5.41) is 11.9. The van der Waals surface area contributed by atoms with E-state index in [4.69, 9.17) is 4.98 Å². The van der Waals surface area contributed by atoms with Crippen molar-refractivity contribution < 1.29 is 4.39 Å². The van der Waals surface area contributed by atoms with E-state index in [1.54, 1.807) is 12.1 Å². The fourth-order valence-corrected chi connectivity index (χ4v) is 4.40. The van der Waals surface area contributed by atoms with Gasteiger partial charge in [-0.3, -0.25) is 5.10 Å². The molecule has 2 heterocycles. The summed E-state index contributed by atoms with van der Waals surface area (Å²) in [6.45, 7) is 2.84. The van der Waals surface area contributed by atoms with E-state index >= 15 is 0 Å². The van der Waals surface area contributed by atoms with Crippen molar-refractivity contribution in [3.05, 3.63) is 57.4 Å². The Hall–Kier alpha value is -2.05. The molecule has 130 valence electrons. The number of H-pyrrole nitrogens is 1. The molecule has 1 aromatic carbocycles. The normalized spacial score (nSPS) is 15.1. The van der Waals surface area contributed by atoms with Gasteiger partial charge in [-0.1, -0.05) is 0 Å². The van der Waals surface area contributed by atoms with Gasteiger partial charge in [0, 0.05) is 22.5 Å². The highest BCUT2D eigenvalue weighted by atomic mass is 32.1. The number of halogens is 1. The van der Waals surface area contributed by atoms with Crippen molar-refractivity contribution in [2.24, 2.45) is 0 Å². The van der Waals surface area contributed by atoms with E-state index in [1.807, 2.05) is 17.5 Å². The predicted octanol–water partition coefficient (Wildman–Crippen LogP) is 4.40. The molecule has 0 amide bonds. The molecular weight excluding hydrogens is 335 g/mol. The lowest BCUT2D eigenvalue weighted by molar-refractivity contribution is 0.569. The monoisotopic (exact) mass is 356 g/mol. The van der Waals surface area contributed by atoms with Crippen LogP contribution in [0.15, 0.2) is 30.5 Å². The molecule has 2 N–H and O–H groups in total. The van der Waals surface area contributed by atoms with Gasteiger partial charge >= 0.3 is 0 Å². The average Bonchev–Trinajstić information content (AvgIpc) is 3.27. The van der Waals surface area contributed by atoms with Gasteiger partial charge in [-0.15, -0.1) is 11.3 Å². The lowest BCUT2D eigenvalue weighted by Gasteiger charge is -2.11. The highest BCUT2D eigenvalue weighted by molar-refractivity contribution is 7.11. The van der Waals surface area contributed by atoms with Crippen molar-refractivity contribution in [3.8, 4) is 11.3 Å². The molecule has 4 nitrogen and oxygen atoms in total. The van der Waals surface area contributed by atoms with Crippen LogP contribution in [0.3, 0.4) is 0 Å². The Morgan fingerprint density at radius 1 is 1.24 bits per heavy atom. The second-order valence-electron chi connectivity index (χ2n) is 6.51. The van der Waals surface area contributed by atoms with Gasteiger partial charge in [-0.25, -0.2) is 9.37 Å². The zero-order valence-corrected chi connectivity index (χ0v) is 15.0. The molecule has 4 rings (SSSR count). The second kappa shape index (κ2) is 7.06. The Bertz CT molecular complexity index is 829. The molecule has 6 heteroatoms. The van der Waals surface area contributed by atoms with E-state index in [9.17, 15) is 4.39 Å². The Morgan fingerprint density at radius 3 is 2.84 bits per heavy atom. The Morgan fingerprint density at radius 2 is 2.04 bits per heavy atom. The first kappa shape index (κ1) is 16.4. The number of nitrogens with one attached hydrogen (secondary N) is 2. The number of hydrogen-bond donors (Lipinski definition) is 2. The molecule has 3 aromatic rings. The lowest BCUT2D eigenvalue weighted by Crippen LogP contribution is -2.18. The molecule has 1 aliphatic rings. The third kappa shape index (κ3) is 3.50. The largest absolute Gasteiger partial charge is 0.304 e. The van der Waals surface area contributed by atoms with Crippen LogP contribution in [0, 0.1) is 5.82 Å². The molecule has 0 bridgehead atoms. The third-order valence-corrected chi connectivity index (χ3v) is 6.02. The summed E-state index contributed by atoms with van der Waals surface area (Å²) in [6, 6.07) is 6.67. The van der Waals surface area contributed by atoms with E-state index in [0.29, 0.717) is 6.54 Å². The van der Waals surface area contributed by atoms with Gasteiger partial charge in [0.1, 0.15) is 10.8 Å². The summed E-state index contributed by atoms with van der Waals surface area (Å²) in [4.78, 5) is 6.29. The summed E-state index contributed by atoms with van der Waals surface area (Å²) >= 11 is 1.84. The number of aromatic amines is 1. The minimum atomic E-state index is -0.232. The first-order valence-corrected chi connectivity index (χ1v) is 9.52. The minimum Gasteiger partial charge on any atom is -0.304 e. The maximum Gasteiger partial charge on any atom is 0.123 e. The molecule has 1 atom stereocenters. The number of thiazole rings is 1. The van der Waals surface area contributed by atoms with Crippen LogP contribution >= 0.6 is 11.3 Å². The molecule has 1 aliphatic carbocycles. The van der Waals surface area contributed by atoms with Gasteiger partial charge in [0.2, 0.25) is 0 Å². The molecule has 0 radical (unpaired) electrons. The van der Waals surface area contributed by atoms with Gasteiger partial charge in [0.25, 0.3) is 0 Å². The highest BCUT2D eigenvalue weighted by Gasteiger charge is 2.18. The topological polar surface area (TPSA) is 53.6 Å². The molecule has 0 spiro atoms. The molecule has 1 unspecified atom stereocenters. The molecule has 2 aromatic heterocycles. The maximum atomic E-state index is 13.1. The first-order chi connectivity index (χ1) is 12.2. The van der Waals surface area contributed by atoms with Crippen LogP contribution in [-0.2, 0) is 19.4 Å². The maximum absolute atomic E-state index is 13.1. The zero-order valence-electron chi connectivity index (χ0n) is 14.2. The number of nitrogens with zero attached hydrogens (tertiary/aromatic N) is 2. The van der Waals surface area contributed by atoms with E-state index in [-0.39, 0.29) is 11.9 Å². The minimum absolute atomic E-state index is 0.201. The van der Waals surface area contributed by atoms with Crippen molar-refractivity contribution >= 4 is 11.3 Å². The molecule has 0 fully saturated rings. The molecular formula is C19H21FN4S. The highest BCUT2D eigenvalue weighted by Crippen LogP contribution is 2.30. The Labute approximate surface area is 150 Å². The van der Waals surface area contributed by atoms with E-state index in [0.717, 1.165) is 23.2 Å². The van der Waals surface area contributed by atoms with Gasteiger partial charge in [-0.2, -0.15) is 5.10 Å². The summed E-state index contributed by atoms with van der Waals surface area (Å²) < 4.78 is 13.1. The van der Waals surface area contributed by atoms with Crippen molar-refractivity contribution in [3.63, 3.8) is 0 Å². The van der Waals surface area contributed by atoms with Gasteiger partial charge in [0.05, 0.1) is 23.6 Å². The molecule has 0 saturated carbocycles. The van der Waals surface area contributed by atoms with Gasteiger partial charge in [0.15, 0.2) is 0 Å². The van der Waals surface area contributed by atoms with Crippen LogP contribution in [0.4, 0.5) is 4.39 Å². The predicted molar refractivity (Wildman–Crippen MR) is 98.0 cm³/mol. The molecule has 0 aliphatic heterocycles. The number of benzene rings is 1. The number of aromatic nitrogens is 3. The lowest BCUT2D eigenvalue weighted by atomic mass is 10.0.